The zero-order chi connectivity index (χ0) is 13.2. The molecule has 0 saturated carbocycles. The summed E-state index contributed by atoms with van der Waals surface area (Å²) in [5.41, 5.74) is 11.3. The van der Waals surface area contributed by atoms with Crippen LogP contribution in [-0.4, -0.2) is 15.2 Å². The number of hydrogen-bond acceptors (Lipinski definition) is 5. The van der Waals surface area contributed by atoms with Crippen LogP contribution in [0.4, 0.5) is 5.82 Å². The predicted octanol–water partition coefficient (Wildman–Crippen LogP) is 1.09. The summed E-state index contributed by atoms with van der Waals surface area (Å²) in [5.74, 6) is 6.15. The summed E-state index contributed by atoms with van der Waals surface area (Å²) in [4.78, 5) is 4.34. The van der Waals surface area contributed by atoms with E-state index in [1.807, 2.05) is 30.3 Å². The number of nitrogens with one attached hydrogen (secondary N) is 2. The van der Waals surface area contributed by atoms with E-state index in [4.69, 9.17) is 11.6 Å². The van der Waals surface area contributed by atoms with Gasteiger partial charge in [0.25, 0.3) is 0 Å². The Labute approximate surface area is 109 Å². The van der Waals surface area contributed by atoms with Crippen molar-refractivity contribution in [1.82, 2.24) is 20.6 Å². The van der Waals surface area contributed by atoms with E-state index in [0.717, 1.165) is 22.0 Å². The van der Waals surface area contributed by atoms with E-state index in [9.17, 15) is 0 Å². The van der Waals surface area contributed by atoms with Crippen LogP contribution in [0, 0.1) is 0 Å². The molecule has 2 aromatic heterocycles. The molecule has 6 nitrogen and oxygen atoms in total. The number of hydrazine groups is 1. The summed E-state index contributed by atoms with van der Waals surface area (Å²) in [6.45, 7) is 0. The Morgan fingerprint density at radius 3 is 2.89 bits per heavy atom. The molecule has 0 aliphatic rings. The normalized spacial score (nSPS) is 12.7. The molecule has 19 heavy (non-hydrogen) atoms. The van der Waals surface area contributed by atoms with Crippen molar-refractivity contribution in [3.8, 4) is 0 Å². The standard InChI is InChI=1S/C13H14N6/c14-13-10(7-17-19-13)12(18-15)9-4-3-8-2-1-5-16-11(8)6-9/h1-7,12,18H,15H2,(H3,14,17,19). The highest BCUT2D eigenvalue weighted by atomic mass is 15.2. The molecule has 2 heterocycles. The molecule has 6 heteroatoms. The number of fused-ring (bicyclic) bond motifs is 1. The largest absolute Gasteiger partial charge is 0.384 e. The van der Waals surface area contributed by atoms with Crippen molar-refractivity contribution in [2.75, 3.05) is 5.73 Å². The highest BCUT2D eigenvalue weighted by molar-refractivity contribution is 5.79. The van der Waals surface area contributed by atoms with Gasteiger partial charge in [0.05, 0.1) is 17.8 Å². The molecule has 96 valence electrons. The van der Waals surface area contributed by atoms with Crippen LogP contribution in [0.1, 0.15) is 17.2 Å². The number of pyridine rings is 1. The molecule has 0 aliphatic heterocycles. The smallest absolute Gasteiger partial charge is 0.124 e. The SMILES string of the molecule is NNC(c1ccc2cccnc2c1)c1cn[nH]c1N. The lowest BCUT2D eigenvalue weighted by atomic mass is 10.00. The number of hydrogen-bond donors (Lipinski definition) is 4. The Morgan fingerprint density at radius 2 is 2.16 bits per heavy atom. The summed E-state index contributed by atoms with van der Waals surface area (Å²) in [5, 5.41) is 7.71. The molecule has 3 aromatic rings. The molecule has 0 amide bonds. The summed E-state index contributed by atoms with van der Waals surface area (Å²) >= 11 is 0. The van der Waals surface area contributed by atoms with E-state index in [1.165, 1.54) is 0 Å². The minimum absolute atomic E-state index is 0.217. The quantitative estimate of drug-likeness (QED) is 0.413. The number of nitrogen functional groups attached to an aromatic ring is 1. The molecule has 0 fully saturated rings. The Hall–Kier alpha value is -2.44. The van der Waals surface area contributed by atoms with E-state index < -0.39 is 0 Å². The molecule has 1 aromatic carbocycles. The van der Waals surface area contributed by atoms with Gasteiger partial charge in [-0.2, -0.15) is 5.10 Å². The van der Waals surface area contributed by atoms with E-state index in [2.05, 4.69) is 20.6 Å². The van der Waals surface area contributed by atoms with E-state index in [-0.39, 0.29) is 6.04 Å². The van der Waals surface area contributed by atoms with E-state index in [1.54, 1.807) is 12.4 Å². The predicted molar refractivity (Wildman–Crippen MR) is 73.9 cm³/mol. The van der Waals surface area contributed by atoms with Gasteiger partial charge in [0, 0.05) is 17.1 Å². The number of anilines is 1. The first kappa shape index (κ1) is 11.6. The molecule has 0 radical (unpaired) electrons. The molecule has 1 unspecified atom stereocenters. The highest BCUT2D eigenvalue weighted by Crippen LogP contribution is 2.26. The molecule has 0 saturated heterocycles. The van der Waals surface area contributed by atoms with Gasteiger partial charge >= 0.3 is 0 Å². The van der Waals surface area contributed by atoms with Crippen LogP contribution in [-0.2, 0) is 0 Å². The lowest BCUT2D eigenvalue weighted by Crippen LogP contribution is -2.29. The monoisotopic (exact) mass is 254 g/mol. The molecular weight excluding hydrogens is 240 g/mol. The average Bonchev–Trinajstić information content (AvgIpc) is 2.86. The van der Waals surface area contributed by atoms with Gasteiger partial charge in [0.15, 0.2) is 0 Å². The molecular formula is C13H14N6. The van der Waals surface area contributed by atoms with Crippen LogP contribution < -0.4 is 17.0 Å². The lowest BCUT2D eigenvalue weighted by Gasteiger charge is -2.16. The first-order valence-electron chi connectivity index (χ1n) is 5.89. The van der Waals surface area contributed by atoms with Crippen molar-refractivity contribution in [3.05, 3.63) is 53.9 Å². The fraction of sp³-hybridized carbons (Fsp3) is 0.0769. The van der Waals surface area contributed by atoms with Crippen LogP contribution in [0.15, 0.2) is 42.7 Å². The van der Waals surface area contributed by atoms with Gasteiger partial charge in [0.1, 0.15) is 5.82 Å². The second-order valence-corrected chi connectivity index (χ2v) is 4.29. The summed E-state index contributed by atoms with van der Waals surface area (Å²) in [6, 6.07) is 9.72. The Morgan fingerprint density at radius 1 is 1.26 bits per heavy atom. The van der Waals surface area contributed by atoms with Crippen LogP contribution in [0.3, 0.4) is 0 Å². The number of nitrogens with two attached hydrogens (primary N) is 2. The minimum Gasteiger partial charge on any atom is -0.384 e. The van der Waals surface area contributed by atoms with Gasteiger partial charge in [-0.05, 0) is 17.7 Å². The lowest BCUT2D eigenvalue weighted by molar-refractivity contribution is 0.639. The second-order valence-electron chi connectivity index (χ2n) is 4.29. The average molecular weight is 254 g/mol. The van der Waals surface area contributed by atoms with Gasteiger partial charge in [-0.1, -0.05) is 18.2 Å². The number of H-pyrrole nitrogens is 1. The second kappa shape index (κ2) is 4.68. The van der Waals surface area contributed by atoms with Crippen molar-refractivity contribution in [2.45, 2.75) is 6.04 Å². The van der Waals surface area contributed by atoms with Crippen molar-refractivity contribution < 1.29 is 0 Å². The number of rotatable bonds is 3. The van der Waals surface area contributed by atoms with E-state index in [0.29, 0.717) is 5.82 Å². The van der Waals surface area contributed by atoms with Gasteiger partial charge in [-0.3, -0.25) is 15.9 Å². The fourth-order valence-electron chi connectivity index (χ4n) is 2.16. The number of aromatic nitrogens is 3. The number of aromatic amines is 1. The van der Waals surface area contributed by atoms with Gasteiger partial charge in [0.2, 0.25) is 0 Å². The van der Waals surface area contributed by atoms with Crippen molar-refractivity contribution in [1.29, 1.82) is 0 Å². The van der Waals surface area contributed by atoms with Crippen molar-refractivity contribution in [2.24, 2.45) is 5.84 Å². The number of benzene rings is 1. The van der Waals surface area contributed by atoms with Crippen LogP contribution in [0.5, 0.6) is 0 Å². The third kappa shape index (κ3) is 2.03. The molecule has 0 bridgehead atoms. The minimum atomic E-state index is -0.217. The molecule has 1 atom stereocenters. The van der Waals surface area contributed by atoms with Gasteiger partial charge < -0.3 is 5.73 Å². The summed E-state index contributed by atoms with van der Waals surface area (Å²) < 4.78 is 0. The third-order valence-electron chi connectivity index (χ3n) is 3.14. The molecule has 3 rings (SSSR count). The molecule has 6 N–H and O–H groups in total. The highest BCUT2D eigenvalue weighted by Gasteiger charge is 2.17. The Bertz CT molecular complexity index is 705. The summed E-state index contributed by atoms with van der Waals surface area (Å²) in [7, 11) is 0. The topological polar surface area (TPSA) is 106 Å². The van der Waals surface area contributed by atoms with Crippen LogP contribution in [0.25, 0.3) is 10.9 Å². The fourth-order valence-corrected chi connectivity index (χ4v) is 2.16. The maximum Gasteiger partial charge on any atom is 0.124 e. The van der Waals surface area contributed by atoms with Crippen molar-refractivity contribution >= 4 is 16.7 Å². The maximum absolute atomic E-state index is 5.84. The molecule has 0 spiro atoms. The third-order valence-corrected chi connectivity index (χ3v) is 3.14. The van der Waals surface area contributed by atoms with E-state index >= 15 is 0 Å². The summed E-state index contributed by atoms with van der Waals surface area (Å²) in [6.07, 6.45) is 3.44. The zero-order valence-electron chi connectivity index (χ0n) is 10.2. The van der Waals surface area contributed by atoms with Gasteiger partial charge in [-0.25, -0.2) is 5.43 Å². The maximum atomic E-state index is 5.84. The Balaban J connectivity index is 2.09. The first-order valence-corrected chi connectivity index (χ1v) is 5.89. The molecule has 0 aliphatic carbocycles. The zero-order valence-corrected chi connectivity index (χ0v) is 10.2. The Kier molecular flexibility index (Phi) is 2.86. The number of nitrogens with zero attached hydrogens (tertiary/aromatic N) is 2. The van der Waals surface area contributed by atoms with Crippen molar-refractivity contribution in [3.63, 3.8) is 0 Å². The van der Waals surface area contributed by atoms with Gasteiger partial charge in [-0.15, -0.1) is 0 Å². The first-order chi connectivity index (χ1) is 9.29. The van der Waals surface area contributed by atoms with Crippen LogP contribution >= 0.6 is 0 Å². The van der Waals surface area contributed by atoms with Crippen LogP contribution in [0.2, 0.25) is 0 Å².